The summed E-state index contributed by atoms with van der Waals surface area (Å²) in [7, 11) is 0. The Balaban J connectivity index is 2.23. The number of benzene rings is 1. The molecule has 2 rings (SSSR count). The first-order chi connectivity index (χ1) is 9.33. The van der Waals surface area contributed by atoms with Gasteiger partial charge in [0.15, 0.2) is 0 Å². The standard InChI is InChI=1S/C13H15BrN2O4/c14-9-4-2-1-3-8(9)6-16-7-13(15,12(19)20)5-10(16)11(17)18/h1-4,10H,5-7,15H2,(H,17,18)(H,19,20)/t10?,13-/m1/s1. The molecular formula is C13H15BrN2O4. The topological polar surface area (TPSA) is 104 Å². The maximum atomic E-state index is 11.3. The molecule has 0 radical (unpaired) electrons. The van der Waals surface area contributed by atoms with Crippen molar-refractivity contribution in [2.75, 3.05) is 6.54 Å². The zero-order valence-electron chi connectivity index (χ0n) is 10.6. The van der Waals surface area contributed by atoms with Gasteiger partial charge in [-0.2, -0.15) is 0 Å². The van der Waals surface area contributed by atoms with Crippen molar-refractivity contribution < 1.29 is 19.8 Å². The monoisotopic (exact) mass is 342 g/mol. The minimum absolute atomic E-state index is 0.0145. The molecule has 1 fully saturated rings. The van der Waals surface area contributed by atoms with Gasteiger partial charge in [-0.3, -0.25) is 14.5 Å². The summed E-state index contributed by atoms with van der Waals surface area (Å²) in [5.74, 6) is -2.22. The van der Waals surface area contributed by atoms with E-state index in [1.807, 2.05) is 24.3 Å². The van der Waals surface area contributed by atoms with Gasteiger partial charge < -0.3 is 15.9 Å². The summed E-state index contributed by atoms with van der Waals surface area (Å²) in [6.07, 6.45) is -0.0951. The van der Waals surface area contributed by atoms with Crippen LogP contribution in [0.2, 0.25) is 0 Å². The lowest BCUT2D eigenvalue weighted by atomic mass is 9.98. The van der Waals surface area contributed by atoms with Gasteiger partial charge in [0, 0.05) is 24.0 Å². The van der Waals surface area contributed by atoms with Crippen LogP contribution in [0.25, 0.3) is 0 Å². The summed E-state index contributed by atoms with van der Waals surface area (Å²) in [6.45, 7) is 0.352. The average Bonchev–Trinajstić information content (AvgIpc) is 2.71. The molecule has 0 spiro atoms. The molecule has 0 saturated carbocycles. The molecule has 1 aliphatic heterocycles. The Morgan fingerprint density at radius 3 is 2.60 bits per heavy atom. The second kappa shape index (κ2) is 5.51. The number of halogens is 1. The van der Waals surface area contributed by atoms with Crippen LogP contribution in [0, 0.1) is 0 Å². The van der Waals surface area contributed by atoms with E-state index < -0.39 is 23.5 Å². The van der Waals surface area contributed by atoms with E-state index in [4.69, 9.17) is 10.8 Å². The molecule has 0 aromatic heterocycles. The Bertz CT molecular complexity index is 551. The van der Waals surface area contributed by atoms with Gasteiger partial charge in [-0.15, -0.1) is 0 Å². The van der Waals surface area contributed by atoms with Crippen LogP contribution in [0.4, 0.5) is 0 Å². The number of carbonyl (C=O) groups is 2. The van der Waals surface area contributed by atoms with Gasteiger partial charge in [0.25, 0.3) is 0 Å². The van der Waals surface area contributed by atoms with Gasteiger partial charge >= 0.3 is 11.9 Å². The molecule has 1 saturated heterocycles. The number of carboxylic acids is 2. The van der Waals surface area contributed by atoms with Crippen molar-refractivity contribution in [1.29, 1.82) is 0 Å². The van der Waals surface area contributed by atoms with Gasteiger partial charge in [0.2, 0.25) is 0 Å². The maximum absolute atomic E-state index is 11.3. The third-order valence-electron chi connectivity index (χ3n) is 3.53. The molecule has 6 nitrogen and oxygen atoms in total. The van der Waals surface area contributed by atoms with Crippen LogP contribution in [0.3, 0.4) is 0 Å². The van der Waals surface area contributed by atoms with E-state index in [1.165, 1.54) is 0 Å². The quantitative estimate of drug-likeness (QED) is 0.750. The Morgan fingerprint density at radius 1 is 1.40 bits per heavy atom. The lowest BCUT2D eigenvalue weighted by Gasteiger charge is -2.22. The molecule has 1 unspecified atom stereocenters. The van der Waals surface area contributed by atoms with Crippen LogP contribution in [0.1, 0.15) is 12.0 Å². The third kappa shape index (κ3) is 2.84. The van der Waals surface area contributed by atoms with Crippen molar-refractivity contribution >= 4 is 27.9 Å². The minimum atomic E-state index is -1.51. The molecule has 4 N–H and O–H groups in total. The first-order valence-electron chi connectivity index (χ1n) is 6.06. The summed E-state index contributed by atoms with van der Waals surface area (Å²) >= 11 is 3.40. The van der Waals surface area contributed by atoms with Crippen LogP contribution in [-0.4, -0.2) is 45.2 Å². The fourth-order valence-corrected chi connectivity index (χ4v) is 2.83. The van der Waals surface area contributed by atoms with Gasteiger partial charge in [-0.25, -0.2) is 0 Å². The van der Waals surface area contributed by atoms with Crippen molar-refractivity contribution in [3.05, 3.63) is 34.3 Å². The molecule has 0 amide bonds. The molecule has 7 heteroatoms. The number of aliphatic carboxylic acids is 2. The third-order valence-corrected chi connectivity index (χ3v) is 4.30. The first-order valence-corrected chi connectivity index (χ1v) is 6.85. The Morgan fingerprint density at radius 2 is 2.05 bits per heavy atom. The molecule has 108 valence electrons. The SMILES string of the molecule is N[C@]1(C(=O)O)CC(C(=O)O)N(Cc2ccccc2Br)C1. The number of nitrogens with two attached hydrogens (primary N) is 1. The van der Waals surface area contributed by atoms with Gasteiger partial charge in [0.05, 0.1) is 0 Å². The second-order valence-electron chi connectivity index (χ2n) is 5.02. The molecular weight excluding hydrogens is 328 g/mol. The highest BCUT2D eigenvalue weighted by Gasteiger charge is 2.49. The summed E-state index contributed by atoms with van der Waals surface area (Å²) < 4.78 is 0.856. The zero-order chi connectivity index (χ0) is 14.9. The lowest BCUT2D eigenvalue weighted by Crippen LogP contribution is -2.50. The molecule has 1 aromatic carbocycles. The van der Waals surface area contributed by atoms with Crippen LogP contribution in [0.15, 0.2) is 28.7 Å². The van der Waals surface area contributed by atoms with Crippen molar-refractivity contribution in [2.24, 2.45) is 5.73 Å². The highest BCUT2D eigenvalue weighted by Crippen LogP contribution is 2.29. The normalized spacial score (nSPS) is 26.6. The van der Waals surface area contributed by atoms with E-state index in [0.717, 1.165) is 10.0 Å². The molecule has 2 atom stereocenters. The van der Waals surface area contributed by atoms with E-state index in [2.05, 4.69) is 15.9 Å². The van der Waals surface area contributed by atoms with Crippen molar-refractivity contribution in [1.82, 2.24) is 4.90 Å². The first kappa shape index (κ1) is 15.0. The Kier molecular flexibility index (Phi) is 4.12. The summed E-state index contributed by atoms with van der Waals surface area (Å²) in [5.41, 5.74) is 5.18. The fraction of sp³-hybridized carbons (Fsp3) is 0.385. The lowest BCUT2D eigenvalue weighted by molar-refractivity contribution is -0.142. The number of hydrogen-bond donors (Lipinski definition) is 3. The highest BCUT2D eigenvalue weighted by molar-refractivity contribution is 9.10. The van der Waals surface area contributed by atoms with Crippen molar-refractivity contribution in [3.8, 4) is 0 Å². The van der Waals surface area contributed by atoms with E-state index in [-0.39, 0.29) is 13.0 Å². The van der Waals surface area contributed by atoms with E-state index in [9.17, 15) is 14.7 Å². The molecule has 20 heavy (non-hydrogen) atoms. The van der Waals surface area contributed by atoms with Crippen molar-refractivity contribution in [2.45, 2.75) is 24.5 Å². The minimum Gasteiger partial charge on any atom is -0.480 e. The van der Waals surface area contributed by atoms with Crippen molar-refractivity contribution in [3.63, 3.8) is 0 Å². The summed E-state index contributed by atoms with van der Waals surface area (Å²) in [6, 6.07) is 6.53. The summed E-state index contributed by atoms with van der Waals surface area (Å²) in [4.78, 5) is 24.1. The molecule has 0 aliphatic carbocycles. The number of nitrogens with zero attached hydrogens (tertiary/aromatic N) is 1. The van der Waals surface area contributed by atoms with E-state index in [1.54, 1.807) is 4.90 Å². The second-order valence-corrected chi connectivity index (χ2v) is 5.87. The molecule has 0 bridgehead atoms. The number of carboxylic acid groups (broad SMARTS) is 2. The number of rotatable bonds is 4. The predicted octanol–water partition coefficient (Wildman–Crippen LogP) is 0.890. The average molecular weight is 343 g/mol. The van der Waals surface area contributed by atoms with E-state index >= 15 is 0 Å². The highest BCUT2D eigenvalue weighted by atomic mass is 79.9. The van der Waals surface area contributed by atoms with Crippen LogP contribution < -0.4 is 5.73 Å². The van der Waals surface area contributed by atoms with Gasteiger partial charge in [-0.05, 0) is 11.6 Å². The Labute approximate surface area is 124 Å². The predicted molar refractivity (Wildman–Crippen MR) is 75.1 cm³/mol. The molecule has 1 heterocycles. The van der Waals surface area contributed by atoms with Crippen LogP contribution >= 0.6 is 15.9 Å². The maximum Gasteiger partial charge on any atom is 0.325 e. The smallest absolute Gasteiger partial charge is 0.325 e. The van der Waals surface area contributed by atoms with Gasteiger partial charge in [0.1, 0.15) is 11.6 Å². The molecule has 1 aromatic rings. The van der Waals surface area contributed by atoms with Gasteiger partial charge in [-0.1, -0.05) is 34.1 Å². The Hall–Kier alpha value is -1.44. The van der Waals surface area contributed by atoms with Crippen LogP contribution in [0.5, 0.6) is 0 Å². The van der Waals surface area contributed by atoms with E-state index in [0.29, 0.717) is 6.54 Å². The summed E-state index contributed by atoms with van der Waals surface area (Å²) in [5, 5.41) is 18.4. The number of likely N-dealkylation sites (tertiary alicyclic amines) is 1. The zero-order valence-corrected chi connectivity index (χ0v) is 12.2. The fourth-order valence-electron chi connectivity index (χ4n) is 2.42. The number of hydrogen-bond acceptors (Lipinski definition) is 4. The van der Waals surface area contributed by atoms with Crippen LogP contribution in [-0.2, 0) is 16.1 Å². The molecule has 1 aliphatic rings. The largest absolute Gasteiger partial charge is 0.480 e.